The van der Waals surface area contributed by atoms with E-state index in [0.717, 1.165) is 25.9 Å². The number of piperidine rings is 1. The van der Waals surface area contributed by atoms with Gasteiger partial charge < -0.3 is 16.4 Å². The Balaban J connectivity index is 2.24. The highest BCUT2D eigenvalue weighted by Gasteiger charge is 2.25. The number of non-ortho nitro benzene ring substituents is 1. The van der Waals surface area contributed by atoms with E-state index in [9.17, 15) is 14.9 Å². The molecule has 1 atom stereocenters. The quantitative estimate of drug-likeness (QED) is 0.640. The normalized spacial score (nSPS) is 17.5. The van der Waals surface area contributed by atoms with Crippen molar-refractivity contribution in [3.63, 3.8) is 0 Å². The molecule has 1 aliphatic heterocycles. The molecule has 1 aromatic carbocycles. The van der Waals surface area contributed by atoms with E-state index in [4.69, 9.17) is 11.5 Å². The Morgan fingerprint density at radius 2 is 2.05 bits per heavy atom. The topological polar surface area (TPSA) is 115 Å². The Kier molecular flexibility index (Phi) is 4.42. The van der Waals surface area contributed by atoms with Crippen molar-refractivity contribution in [1.82, 2.24) is 0 Å². The van der Waals surface area contributed by atoms with Gasteiger partial charge in [0.25, 0.3) is 11.6 Å². The molecule has 7 heteroatoms. The minimum atomic E-state index is -0.650. The third-order valence-electron chi connectivity index (χ3n) is 4.08. The molecule has 1 saturated heterocycles. The summed E-state index contributed by atoms with van der Waals surface area (Å²) in [6.07, 6.45) is 1.87. The van der Waals surface area contributed by atoms with Gasteiger partial charge in [0.05, 0.1) is 16.2 Å². The van der Waals surface area contributed by atoms with Gasteiger partial charge in [-0.3, -0.25) is 14.9 Å². The summed E-state index contributed by atoms with van der Waals surface area (Å²) < 4.78 is 0. The molecule has 0 radical (unpaired) electrons. The number of primary amides is 1. The van der Waals surface area contributed by atoms with Crippen LogP contribution in [-0.2, 0) is 0 Å². The average molecular weight is 292 g/mol. The highest BCUT2D eigenvalue weighted by Crippen LogP contribution is 2.29. The highest BCUT2D eigenvalue weighted by molar-refractivity contribution is 5.99. The first kappa shape index (κ1) is 15.2. The molecule has 7 nitrogen and oxygen atoms in total. The van der Waals surface area contributed by atoms with E-state index in [2.05, 4.69) is 0 Å². The molecular weight excluding hydrogens is 272 g/mol. The van der Waals surface area contributed by atoms with Gasteiger partial charge in [-0.1, -0.05) is 0 Å². The Labute approximate surface area is 123 Å². The van der Waals surface area contributed by atoms with Crippen LogP contribution in [0.2, 0.25) is 0 Å². The van der Waals surface area contributed by atoms with Crippen LogP contribution in [0.25, 0.3) is 0 Å². The maximum atomic E-state index is 11.6. The van der Waals surface area contributed by atoms with Crippen LogP contribution in [0.5, 0.6) is 0 Å². The zero-order valence-corrected chi connectivity index (χ0v) is 12.0. The van der Waals surface area contributed by atoms with Gasteiger partial charge in [0.2, 0.25) is 0 Å². The predicted octanol–water partition coefficient (Wildman–Crippen LogP) is 1.26. The van der Waals surface area contributed by atoms with E-state index in [1.807, 2.05) is 11.8 Å². The number of carbonyl (C=O) groups excluding carboxylic acids is 1. The number of benzene rings is 1. The summed E-state index contributed by atoms with van der Waals surface area (Å²) in [6, 6.07) is 4.40. The minimum Gasteiger partial charge on any atom is -0.371 e. The van der Waals surface area contributed by atoms with E-state index in [0.29, 0.717) is 11.6 Å². The summed E-state index contributed by atoms with van der Waals surface area (Å²) in [5.41, 5.74) is 12.0. The molecule has 1 heterocycles. The van der Waals surface area contributed by atoms with Crippen molar-refractivity contribution in [3.05, 3.63) is 33.9 Å². The summed E-state index contributed by atoms with van der Waals surface area (Å²) in [5, 5.41) is 10.8. The first-order valence-electron chi connectivity index (χ1n) is 6.99. The van der Waals surface area contributed by atoms with Crippen LogP contribution in [-0.4, -0.2) is 30.0 Å². The third kappa shape index (κ3) is 3.30. The van der Waals surface area contributed by atoms with Crippen LogP contribution in [0.1, 0.15) is 30.1 Å². The van der Waals surface area contributed by atoms with Crippen LogP contribution in [0.4, 0.5) is 11.4 Å². The van der Waals surface area contributed by atoms with Crippen LogP contribution in [0, 0.1) is 16.0 Å². The van der Waals surface area contributed by atoms with E-state index < -0.39 is 10.8 Å². The number of carbonyl (C=O) groups is 1. The molecule has 21 heavy (non-hydrogen) atoms. The second-order valence-electron chi connectivity index (χ2n) is 5.51. The fraction of sp³-hybridized carbons (Fsp3) is 0.500. The number of rotatable bonds is 4. The Morgan fingerprint density at radius 3 is 2.52 bits per heavy atom. The average Bonchev–Trinajstić information content (AvgIpc) is 2.46. The molecule has 2 rings (SSSR count). The summed E-state index contributed by atoms with van der Waals surface area (Å²) in [4.78, 5) is 23.9. The smallest absolute Gasteiger partial charge is 0.270 e. The molecule has 1 fully saturated rings. The molecule has 0 bridgehead atoms. The molecule has 1 aromatic rings. The van der Waals surface area contributed by atoms with Gasteiger partial charge >= 0.3 is 0 Å². The summed E-state index contributed by atoms with van der Waals surface area (Å²) in [6.45, 7) is 3.54. The summed E-state index contributed by atoms with van der Waals surface area (Å²) in [5.74, 6) is -0.181. The fourth-order valence-electron chi connectivity index (χ4n) is 2.78. The van der Waals surface area contributed by atoms with Crippen molar-refractivity contribution in [3.8, 4) is 0 Å². The first-order valence-corrected chi connectivity index (χ1v) is 6.99. The van der Waals surface area contributed by atoms with Gasteiger partial charge in [0, 0.05) is 31.3 Å². The molecule has 1 aliphatic rings. The molecule has 0 aromatic heterocycles. The number of nitrogens with two attached hydrogens (primary N) is 2. The number of hydrogen-bond donors (Lipinski definition) is 2. The van der Waals surface area contributed by atoms with E-state index in [-0.39, 0.29) is 17.3 Å². The van der Waals surface area contributed by atoms with E-state index in [1.54, 1.807) is 6.07 Å². The molecule has 114 valence electrons. The van der Waals surface area contributed by atoms with Gasteiger partial charge in [-0.25, -0.2) is 0 Å². The SMILES string of the molecule is CC(N)C1CCN(c2ccc([N+](=O)[O-])cc2C(N)=O)CC1. The highest BCUT2D eigenvalue weighted by atomic mass is 16.6. The Morgan fingerprint density at radius 1 is 1.43 bits per heavy atom. The van der Waals surface area contributed by atoms with Crippen molar-refractivity contribution in [2.45, 2.75) is 25.8 Å². The lowest BCUT2D eigenvalue weighted by Crippen LogP contribution is -2.40. The number of hydrogen-bond acceptors (Lipinski definition) is 5. The minimum absolute atomic E-state index is 0.127. The number of amides is 1. The third-order valence-corrected chi connectivity index (χ3v) is 4.08. The lowest BCUT2D eigenvalue weighted by atomic mass is 9.90. The number of anilines is 1. The molecule has 0 spiro atoms. The van der Waals surface area contributed by atoms with Crippen molar-refractivity contribution in [2.24, 2.45) is 17.4 Å². The lowest BCUT2D eigenvalue weighted by Gasteiger charge is -2.35. The zero-order valence-electron chi connectivity index (χ0n) is 12.0. The van der Waals surface area contributed by atoms with E-state index in [1.165, 1.54) is 12.1 Å². The molecule has 0 aliphatic carbocycles. The predicted molar refractivity (Wildman–Crippen MR) is 80.2 cm³/mol. The number of nitrogens with zero attached hydrogens (tertiary/aromatic N) is 2. The molecular formula is C14H20N4O3. The molecule has 4 N–H and O–H groups in total. The zero-order chi connectivity index (χ0) is 15.6. The van der Waals surface area contributed by atoms with Crippen LogP contribution in [0.15, 0.2) is 18.2 Å². The number of nitro groups is 1. The molecule has 1 amide bonds. The van der Waals surface area contributed by atoms with Crippen LogP contribution in [0.3, 0.4) is 0 Å². The van der Waals surface area contributed by atoms with Gasteiger partial charge in [-0.15, -0.1) is 0 Å². The van der Waals surface area contributed by atoms with Gasteiger partial charge in [0.15, 0.2) is 0 Å². The van der Waals surface area contributed by atoms with Crippen molar-refractivity contribution in [1.29, 1.82) is 0 Å². The van der Waals surface area contributed by atoms with E-state index >= 15 is 0 Å². The van der Waals surface area contributed by atoms with Gasteiger partial charge in [-0.05, 0) is 31.7 Å². The van der Waals surface area contributed by atoms with Crippen molar-refractivity contribution >= 4 is 17.3 Å². The van der Waals surface area contributed by atoms with Gasteiger partial charge in [-0.2, -0.15) is 0 Å². The second kappa shape index (κ2) is 6.09. The standard InChI is InChI=1S/C14H20N4O3/c1-9(15)10-4-6-17(7-5-10)13-3-2-11(18(20)21)8-12(13)14(16)19/h2-3,8-10H,4-7,15H2,1H3,(H2,16,19). The first-order chi connectivity index (χ1) is 9.90. The number of nitro benzene ring substituents is 1. The summed E-state index contributed by atoms with van der Waals surface area (Å²) in [7, 11) is 0. The fourth-order valence-corrected chi connectivity index (χ4v) is 2.78. The lowest BCUT2D eigenvalue weighted by molar-refractivity contribution is -0.384. The monoisotopic (exact) mass is 292 g/mol. The van der Waals surface area contributed by atoms with Crippen molar-refractivity contribution < 1.29 is 9.72 Å². The second-order valence-corrected chi connectivity index (χ2v) is 5.51. The molecule has 1 unspecified atom stereocenters. The van der Waals surface area contributed by atoms with Gasteiger partial charge in [0.1, 0.15) is 0 Å². The largest absolute Gasteiger partial charge is 0.371 e. The Bertz CT molecular complexity index is 551. The van der Waals surface area contributed by atoms with Crippen LogP contribution >= 0.6 is 0 Å². The maximum Gasteiger partial charge on any atom is 0.270 e. The maximum absolute atomic E-state index is 11.6. The Hall–Kier alpha value is -2.15. The molecule has 0 saturated carbocycles. The van der Waals surface area contributed by atoms with Crippen LogP contribution < -0.4 is 16.4 Å². The van der Waals surface area contributed by atoms with Crippen molar-refractivity contribution in [2.75, 3.05) is 18.0 Å². The summed E-state index contributed by atoms with van der Waals surface area (Å²) >= 11 is 0.